The van der Waals surface area contributed by atoms with Crippen LogP contribution in [-0.2, 0) is 6.54 Å². The number of carbonyl (C=O) groups is 1. The molecule has 1 N–H and O–H groups in total. The molecule has 4 rings (SSSR count). The first-order valence-electron chi connectivity index (χ1n) is 10.4. The van der Waals surface area contributed by atoms with E-state index in [9.17, 15) is 9.59 Å². The van der Waals surface area contributed by atoms with Gasteiger partial charge in [-0.05, 0) is 86.2 Å². The highest BCUT2D eigenvalue weighted by Gasteiger charge is 2.21. The number of H-pyrrole nitrogens is 1. The van der Waals surface area contributed by atoms with Crippen molar-refractivity contribution in [3.8, 4) is 0 Å². The van der Waals surface area contributed by atoms with Gasteiger partial charge < -0.3 is 9.88 Å². The van der Waals surface area contributed by atoms with E-state index in [4.69, 9.17) is 0 Å². The lowest BCUT2D eigenvalue weighted by atomic mass is 10.0. The zero-order valence-electron chi connectivity index (χ0n) is 18.3. The Morgan fingerprint density at radius 1 is 0.839 bits per heavy atom. The molecule has 156 valence electrons. The lowest BCUT2D eigenvalue weighted by Crippen LogP contribution is -2.33. The third-order valence-electron chi connectivity index (χ3n) is 5.83. The van der Waals surface area contributed by atoms with E-state index in [-0.39, 0.29) is 18.0 Å². The zero-order valence-corrected chi connectivity index (χ0v) is 18.3. The number of nitrogens with zero attached hydrogens (tertiary/aromatic N) is 1. The third-order valence-corrected chi connectivity index (χ3v) is 5.83. The monoisotopic (exact) mass is 410 g/mol. The first-order valence-corrected chi connectivity index (χ1v) is 10.4. The van der Waals surface area contributed by atoms with Gasteiger partial charge in [-0.15, -0.1) is 0 Å². The number of anilines is 1. The van der Waals surface area contributed by atoms with E-state index in [2.05, 4.69) is 4.98 Å². The molecule has 4 heteroatoms. The van der Waals surface area contributed by atoms with Crippen molar-refractivity contribution in [2.24, 2.45) is 0 Å². The normalized spacial score (nSPS) is 11.0. The molecule has 0 saturated heterocycles. The van der Waals surface area contributed by atoms with Gasteiger partial charge >= 0.3 is 0 Å². The molecule has 0 radical (unpaired) electrons. The van der Waals surface area contributed by atoms with Gasteiger partial charge in [0.15, 0.2) is 0 Å². The predicted molar refractivity (Wildman–Crippen MR) is 127 cm³/mol. The number of rotatable bonds is 4. The van der Waals surface area contributed by atoms with Crippen LogP contribution in [0.2, 0.25) is 0 Å². The largest absolute Gasteiger partial charge is 0.322 e. The van der Waals surface area contributed by atoms with Crippen molar-refractivity contribution < 1.29 is 4.79 Å². The zero-order chi connectivity index (χ0) is 22.1. The summed E-state index contributed by atoms with van der Waals surface area (Å²) in [6, 6.07) is 21.3. The Bertz CT molecular complexity index is 1350. The van der Waals surface area contributed by atoms with E-state index in [1.165, 1.54) is 0 Å². The Morgan fingerprint density at radius 2 is 1.61 bits per heavy atom. The molecule has 0 fully saturated rings. The van der Waals surface area contributed by atoms with Crippen molar-refractivity contribution >= 4 is 22.5 Å². The molecule has 0 aliphatic carbocycles. The van der Waals surface area contributed by atoms with Gasteiger partial charge in [-0.3, -0.25) is 9.59 Å². The van der Waals surface area contributed by atoms with Crippen molar-refractivity contribution in [1.29, 1.82) is 0 Å². The number of hydrogen-bond acceptors (Lipinski definition) is 2. The summed E-state index contributed by atoms with van der Waals surface area (Å²) in [5.41, 5.74) is 6.86. The Hall–Kier alpha value is -3.66. The summed E-state index contributed by atoms with van der Waals surface area (Å²) >= 11 is 0. The number of aryl methyl sites for hydroxylation is 4. The maximum atomic E-state index is 13.6. The van der Waals surface area contributed by atoms with Gasteiger partial charge in [0.1, 0.15) is 0 Å². The molecule has 4 aromatic rings. The molecule has 0 saturated carbocycles. The summed E-state index contributed by atoms with van der Waals surface area (Å²) in [5.74, 6) is -0.120. The average molecular weight is 411 g/mol. The van der Waals surface area contributed by atoms with Gasteiger partial charge in [0, 0.05) is 22.3 Å². The maximum absolute atomic E-state index is 13.6. The molecule has 31 heavy (non-hydrogen) atoms. The first kappa shape index (κ1) is 20.6. The van der Waals surface area contributed by atoms with Crippen LogP contribution in [0.5, 0.6) is 0 Å². The van der Waals surface area contributed by atoms with Gasteiger partial charge in [0.25, 0.3) is 11.5 Å². The lowest BCUT2D eigenvalue weighted by molar-refractivity contribution is 0.0984. The second-order valence-corrected chi connectivity index (χ2v) is 8.19. The molecule has 3 aromatic carbocycles. The summed E-state index contributed by atoms with van der Waals surface area (Å²) in [6.07, 6.45) is 0. The minimum absolute atomic E-state index is 0.120. The van der Waals surface area contributed by atoms with Gasteiger partial charge in [-0.2, -0.15) is 0 Å². The quantitative estimate of drug-likeness (QED) is 0.475. The first-order chi connectivity index (χ1) is 14.8. The van der Waals surface area contributed by atoms with Crippen molar-refractivity contribution in [2.75, 3.05) is 4.90 Å². The summed E-state index contributed by atoms with van der Waals surface area (Å²) < 4.78 is 0. The van der Waals surface area contributed by atoms with E-state index in [1.54, 1.807) is 4.90 Å². The van der Waals surface area contributed by atoms with Crippen molar-refractivity contribution in [3.63, 3.8) is 0 Å². The molecule has 0 aliphatic heterocycles. The van der Waals surface area contributed by atoms with Crippen LogP contribution in [0.4, 0.5) is 5.69 Å². The molecule has 4 nitrogen and oxygen atoms in total. The van der Waals surface area contributed by atoms with E-state index < -0.39 is 0 Å². The second kappa shape index (κ2) is 8.23. The van der Waals surface area contributed by atoms with Gasteiger partial charge in [-0.1, -0.05) is 35.9 Å². The minimum Gasteiger partial charge on any atom is -0.322 e. The Kier molecular flexibility index (Phi) is 5.47. The highest BCUT2D eigenvalue weighted by atomic mass is 16.2. The van der Waals surface area contributed by atoms with E-state index in [1.807, 2.05) is 94.4 Å². The fourth-order valence-electron chi connectivity index (χ4n) is 3.79. The minimum atomic E-state index is -0.178. The number of carbonyl (C=O) groups excluding carboxylic acids is 1. The number of hydrogen-bond donors (Lipinski definition) is 1. The molecular weight excluding hydrogens is 384 g/mol. The maximum Gasteiger partial charge on any atom is 0.258 e. The molecule has 0 atom stereocenters. The summed E-state index contributed by atoms with van der Waals surface area (Å²) in [6.45, 7) is 8.21. The number of pyridine rings is 1. The lowest BCUT2D eigenvalue weighted by Gasteiger charge is -2.24. The van der Waals surface area contributed by atoms with Crippen LogP contribution in [0.15, 0.2) is 71.5 Å². The molecule has 0 unspecified atom stereocenters. The van der Waals surface area contributed by atoms with Gasteiger partial charge in [0.05, 0.1) is 6.54 Å². The van der Waals surface area contributed by atoms with Crippen molar-refractivity contribution in [3.05, 3.63) is 110 Å². The van der Waals surface area contributed by atoms with Crippen molar-refractivity contribution in [2.45, 2.75) is 34.2 Å². The van der Waals surface area contributed by atoms with E-state index in [0.717, 1.165) is 38.8 Å². The molecule has 0 spiro atoms. The van der Waals surface area contributed by atoms with Crippen LogP contribution in [0, 0.1) is 27.7 Å². The third kappa shape index (κ3) is 4.15. The fraction of sp³-hybridized carbons (Fsp3) is 0.185. The average Bonchev–Trinajstić information content (AvgIpc) is 2.74. The van der Waals surface area contributed by atoms with Crippen LogP contribution in [0.1, 0.15) is 38.2 Å². The summed E-state index contributed by atoms with van der Waals surface area (Å²) in [5, 5.41) is 0.956. The number of benzene rings is 3. The summed E-state index contributed by atoms with van der Waals surface area (Å²) in [7, 11) is 0. The van der Waals surface area contributed by atoms with Crippen LogP contribution < -0.4 is 10.5 Å². The molecule has 1 heterocycles. The molecular formula is C27H26N2O2. The highest BCUT2D eigenvalue weighted by molar-refractivity contribution is 6.07. The number of aromatic nitrogens is 1. The van der Waals surface area contributed by atoms with Crippen LogP contribution in [0.3, 0.4) is 0 Å². The second-order valence-electron chi connectivity index (χ2n) is 8.19. The molecule has 0 bridgehead atoms. The highest BCUT2D eigenvalue weighted by Crippen LogP contribution is 2.24. The predicted octanol–water partition coefficient (Wildman–Crippen LogP) is 5.61. The van der Waals surface area contributed by atoms with Crippen molar-refractivity contribution in [1.82, 2.24) is 4.98 Å². The fourth-order valence-corrected chi connectivity index (χ4v) is 3.79. The van der Waals surface area contributed by atoms with Gasteiger partial charge in [0.2, 0.25) is 0 Å². The molecule has 1 aromatic heterocycles. The summed E-state index contributed by atoms with van der Waals surface area (Å²) in [4.78, 5) is 31.1. The van der Waals surface area contributed by atoms with Crippen LogP contribution in [0.25, 0.3) is 10.9 Å². The molecule has 0 aliphatic rings. The number of aromatic amines is 1. The Labute approximate surface area is 182 Å². The Morgan fingerprint density at radius 3 is 2.35 bits per heavy atom. The number of amides is 1. The van der Waals surface area contributed by atoms with E-state index in [0.29, 0.717) is 11.1 Å². The SMILES string of the molecule is Cc1ccc2[nH]c(=O)c(CN(C(=O)c3ccccc3C)c3ccc(C)c(C)c3)cc2c1. The standard InChI is InChI=1S/C27H26N2O2/c1-17-9-12-25-21(13-17)15-22(26(30)28-25)16-29(23-11-10-18(2)20(4)14-23)27(31)24-8-6-5-7-19(24)3/h5-15H,16H2,1-4H3,(H,28,30). The Balaban J connectivity index is 1.83. The van der Waals surface area contributed by atoms with Crippen LogP contribution in [-0.4, -0.2) is 10.9 Å². The smallest absolute Gasteiger partial charge is 0.258 e. The topological polar surface area (TPSA) is 53.2 Å². The number of fused-ring (bicyclic) bond motifs is 1. The van der Waals surface area contributed by atoms with Crippen LogP contribution >= 0.6 is 0 Å². The number of nitrogens with one attached hydrogen (secondary N) is 1. The molecule has 1 amide bonds. The van der Waals surface area contributed by atoms with E-state index >= 15 is 0 Å². The van der Waals surface area contributed by atoms with Gasteiger partial charge in [-0.25, -0.2) is 0 Å².